The lowest BCUT2D eigenvalue weighted by molar-refractivity contribution is 0.0366. The monoisotopic (exact) mass is 236 g/mol. The molecule has 0 bridgehead atoms. The molecule has 2 rings (SSSR count). The Kier molecular flexibility index (Phi) is 3.82. The predicted octanol–water partition coefficient (Wildman–Crippen LogP) is 1.99. The van der Waals surface area contributed by atoms with Crippen LogP contribution < -0.4 is 0 Å². The van der Waals surface area contributed by atoms with Crippen LogP contribution in [0.4, 0.5) is 0 Å². The molecule has 1 aromatic carbocycles. The molecule has 0 radical (unpaired) electrons. The van der Waals surface area contributed by atoms with Gasteiger partial charge in [0.2, 0.25) is 0 Å². The Labute approximate surface area is 102 Å². The highest BCUT2D eigenvalue weighted by atomic mass is 16.6. The van der Waals surface area contributed by atoms with Crippen molar-refractivity contribution in [3.05, 3.63) is 35.9 Å². The fraction of sp³-hybridized carbons (Fsp3) is 0.571. The first-order valence-corrected chi connectivity index (χ1v) is 6.01. The molecule has 0 aromatic heterocycles. The van der Waals surface area contributed by atoms with Gasteiger partial charge in [0.1, 0.15) is 6.10 Å². The van der Waals surface area contributed by atoms with Crippen LogP contribution in [0.25, 0.3) is 0 Å². The molecular formula is C14H20O3. The second-order valence-corrected chi connectivity index (χ2v) is 5.24. The van der Waals surface area contributed by atoms with Crippen LogP contribution in [-0.4, -0.2) is 30.5 Å². The Morgan fingerprint density at radius 1 is 1.29 bits per heavy atom. The lowest BCUT2D eigenvalue weighted by Gasteiger charge is -2.22. The van der Waals surface area contributed by atoms with Crippen molar-refractivity contribution in [1.82, 2.24) is 0 Å². The molecule has 1 saturated heterocycles. The van der Waals surface area contributed by atoms with Gasteiger partial charge in [-0.15, -0.1) is 0 Å². The van der Waals surface area contributed by atoms with E-state index in [4.69, 9.17) is 14.6 Å². The molecule has 1 aliphatic heterocycles. The number of rotatable bonds is 6. The Hall–Kier alpha value is -0.900. The highest BCUT2D eigenvalue weighted by molar-refractivity contribution is 5.13. The van der Waals surface area contributed by atoms with E-state index >= 15 is 0 Å². The van der Waals surface area contributed by atoms with Gasteiger partial charge >= 0.3 is 0 Å². The van der Waals surface area contributed by atoms with Crippen LogP contribution in [0.1, 0.15) is 19.4 Å². The summed E-state index contributed by atoms with van der Waals surface area (Å²) < 4.78 is 11.1. The third kappa shape index (κ3) is 3.28. The summed E-state index contributed by atoms with van der Waals surface area (Å²) in [7, 11) is 0. The Morgan fingerprint density at radius 3 is 2.59 bits per heavy atom. The molecule has 3 heteroatoms. The lowest BCUT2D eigenvalue weighted by Crippen LogP contribution is -2.28. The van der Waals surface area contributed by atoms with Crippen LogP contribution in [0.2, 0.25) is 0 Å². The summed E-state index contributed by atoms with van der Waals surface area (Å²) in [6, 6.07) is 10.1. The molecule has 1 heterocycles. The van der Waals surface area contributed by atoms with E-state index in [0.717, 1.165) is 0 Å². The van der Waals surface area contributed by atoms with Crippen LogP contribution in [0.5, 0.6) is 0 Å². The number of aliphatic hydroxyl groups is 1. The molecule has 17 heavy (non-hydrogen) atoms. The van der Waals surface area contributed by atoms with E-state index in [9.17, 15) is 0 Å². The number of hydrogen-bond donors (Lipinski definition) is 1. The third-order valence-electron chi connectivity index (χ3n) is 3.12. The molecule has 0 saturated carbocycles. The molecule has 0 amide bonds. The Morgan fingerprint density at radius 2 is 2.00 bits per heavy atom. The molecule has 1 fully saturated rings. The van der Waals surface area contributed by atoms with Crippen molar-refractivity contribution in [1.29, 1.82) is 0 Å². The highest BCUT2D eigenvalue weighted by Gasteiger charge is 2.49. The fourth-order valence-electron chi connectivity index (χ4n) is 2.06. The molecule has 1 aromatic rings. The van der Waals surface area contributed by atoms with Crippen molar-refractivity contribution in [2.45, 2.75) is 32.7 Å². The lowest BCUT2D eigenvalue weighted by atomic mass is 9.88. The maximum atomic E-state index is 8.98. The summed E-state index contributed by atoms with van der Waals surface area (Å²) in [6.45, 7) is 5.59. The smallest absolute Gasteiger partial charge is 0.108 e. The zero-order valence-corrected chi connectivity index (χ0v) is 10.4. The second-order valence-electron chi connectivity index (χ2n) is 5.24. The number of aliphatic hydroxyl groups excluding tert-OH is 1. The SMILES string of the molecule is CC(C)(COCc1ccccc1)[C@@H]1O[C@H]1CO. The first kappa shape index (κ1) is 12.6. The van der Waals surface area contributed by atoms with Gasteiger partial charge in [-0.1, -0.05) is 44.2 Å². The molecule has 3 nitrogen and oxygen atoms in total. The van der Waals surface area contributed by atoms with Crippen LogP contribution in [-0.2, 0) is 16.1 Å². The van der Waals surface area contributed by atoms with Crippen molar-refractivity contribution in [2.24, 2.45) is 5.41 Å². The number of benzene rings is 1. The quantitative estimate of drug-likeness (QED) is 0.768. The first-order chi connectivity index (χ1) is 8.13. The van der Waals surface area contributed by atoms with Crippen LogP contribution >= 0.6 is 0 Å². The van der Waals surface area contributed by atoms with Crippen molar-refractivity contribution < 1.29 is 14.6 Å². The van der Waals surface area contributed by atoms with E-state index in [1.807, 2.05) is 18.2 Å². The van der Waals surface area contributed by atoms with Gasteiger partial charge in [0.25, 0.3) is 0 Å². The molecule has 0 unspecified atom stereocenters. The van der Waals surface area contributed by atoms with E-state index in [1.54, 1.807) is 0 Å². The van der Waals surface area contributed by atoms with E-state index < -0.39 is 0 Å². The Bertz CT molecular complexity index is 348. The van der Waals surface area contributed by atoms with Gasteiger partial charge in [-0.05, 0) is 5.56 Å². The van der Waals surface area contributed by atoms with Gasteiger partial charge in [-0.2, -0.15) is 0 Å². The van der Waals surface area contributed by atoms with Gasteiger partial charge in [0.15, 0.2) is 0 Å². The minimum Gasteiger partial charge on any atom is -0.394 e. The Balaban J connectivity index is 1.75. The topological polar surface area (TPSA) is 42.0 Å². The van der Waals surface area contributed by atoms with Crippen molar-refractivity contribution in [3.63, 3.8) is 0 Å². The predicted molar refractivity (Wildman–Crippen MR) is 65.6 cm³/mol. The molecule has 94 valence electrons. The zero-order valence-electron chi connectivity index (χ0n) is 10.4. The van der Waals surface area contributed by atoms with Gasteiger partial charge in [0, 0.05) is 5.41 Å². The van der Waals surface area contributed by atoms with Crippen LogP contribution in [0.3, 0.4) is 0 Å². The maximum Gasteiger partial charge on any atom is 0.108 e. The van der Waals surface area contributed by atoms with Crippen molar-refractivity contribution >= 4 is 0 Å². The van der Waals surface area contributed by atoms with E-state index in [1.165, 1.54) is 5.56 Å². The zero-order chi connectivity index (χ0) is 12.3. The average Bonchev–Trinajstić information content (AvgIpc) is 3.10. The number of epoxide rings is 1. The summed E-state index contributed by atoms with van der Waals surface area (Å²) >= 11 is 0. The van der Waals surface area contributed by atoms with Crippen LogP contribution in [0.15, 0.2) is 30.3 Å². The van der Waals surface area contributed by atoms with Gasteiger partial charge in [0.05, 0.1) is 25.9 Å². The second kappa shape index (κ2) is 5.17. The fourth-order valence-corrected chi connectivity index (χ4v) is 2.06. The summed E-state index contributed by atoms with van der Waals surface area (Å²) in [5, 5.41) is 8.98. The molecule has 2 atom stereocenters. The van der Waals surface area contributed by atoms with Crippen molar-refractivity contribution in [2.75, 3.05) is 13.2 Å². The molecule has 0 spiro atoms. The molecule has 0 aliphatic carbocycles. The summed E-state index contributed by atoms with van der Waals surface area (Å²) in [5.41, 5.74) is 1.14. The highest BCUT2D eigenvalue weighted by Crippen LogP contribution is 2.38. The van der Waals surface area contributed by atoms with Gasteiger partial charge < -0.3 is 14.6 Å². The summed E-state index contributed by atoms with van der Waals surface area (Å²) in [6.07, 6.45) is 0.133. The first-order valence-electron chi connectivity index (χ1n) is 6.01. The minimum atomic E-state index is -0.0395. The maximum absolute atomic E-state index is 8.98. The largest absolute Gasteiger partial charge is 0.394 e. The normalized spacial score (nSPS) is 23.7. The van der Waals surface area contributed by atoms with E-state index in [0.29, 0.717) is 13.2 Å². The molecular weight excluding hydrogens is 216 g/mol. The van der Waals surface area contributed by atoms with Gasteiger partial charge in [-0.3, -0.25) is 0 Å². The van der Waals surface area contributed by atoms with E-state index in [2.05, 4.69) is 26.0 Å². The number of hydrogen-bond acceptors (Lipinski definition) is 3. The van der Waals surface area contributed by atoms with E-state index in [-0.39, 0.29) is 24.2 Å². The summed E-state index contributed by atoms with van der Waals surface area (Å²) in [5.74, 6) is 0. The van der Waals surface area contributed by atoms with Gasteiger partial charge in [-0.25, -0.2) is 0 Å². The minimum absolute atomic E-state index is 0.00493. The molecule has 1 aliphatic rings. The van der Waals surface area contributed by atoms with Crippen LogP contribution in [0, 0.1) is 5.41 Å². The third-order valence-corrected chi connectivity index (χ3v) is 3.12. The molecule has 1 N–H and O–H groups in total. The standard InChI is InChI=1S/C14H20O3/c1-14(2,13-12(8-15)17-13)10-16-9-11-6-4-3-5-7-11/h3-7,12-13,15H,8-10H2,1-2H3/t12-,13+/m0/s1. The average molecular weight is 236 g/mol. The summed E-state index contributed by atoms with van der Waals surface area (Å²) in [4.78, 5) is 0. The number of ether oxygens (including phenoxy) is 2. The van der Waals surface area contributed by atoms with Crippen molar-refractivity contribution in [3.8, 4) is 0 Å².